The SMILES string of the molecule is C1CCCCCCCC(NC2CCCCCCCCCCC(C3CCCCCCCCCCCCCCC3)CCCC2)CCCCCCC1. The van der Waals surface area contributed by atoms with Crippen LogP contribution >= 0.6 is 0 Å². The minimum atomic E-state index is 0.782. The summed E-state index contributed by atoms with van der Waals surface area (Å²) < 4.78 is 0. The lowest BCUT2D eigenvalue weighted by Crippen LogP contribution is -2.38. The van der Waals surface area contributed by atoms with Crippen LogP contribution < -0.4 is 5.32 Å². The van der Waals surface area contributed by atoms with Gasteiger partial charge in [-0.2, -0.15) is 0 Å². The third-order valence-corrected chi connectivity index (χ3v) is 13.6. The van der Waals surface area contributed by atoms with Gasteiger partial charge in [-0.1, -0.05) is 257 Å². The summed E-state index contributed by atoms with van der Waals surface area (Å²) in [5, 5.41) is 4.39. The molecule has 0 aromatic carbocycles. The molecule has 0 radical (unpaired) electrons. The lowest BCUT2D eigenvalue weighted by Gasteiger charge is -2.29. The second kappa shape index (κ2) is 32.6. The molecule has 1 nitrogen and oxygen atoms in total. The van der Waals surface area contributed by atoms with Crippen LogP contribution in [0.4, 0.5) is 0 Å². The number of rotatable bonds is 3. The van der Waals surface area contributed by atoms with Gasteiger partial charge in [-0.05, 0) is 37.5 Å². The van der Waals surface area contributed by atoms with E-state index in [1.807, 2.05) is 0 Å². The molecule has 49 heavy (non-hydrogen) atoms. The van der Waals surface area contributed by atoms with Crippen molar-refractivity contribution in [3.05, 3.63) is 0 Å². The fourth-order valence-electron chi connectivity index (χ4n) is 10.3. The molecule has 2 atom stereocenters. The van der Waals surface area contributed by atoms with E-state index < -0.39 is 0 Å². The first-order chi connectivity index (χ1) is 24.4. The Morgan fingerprint density at radius 2 is 0.306 bits per heavy atom. The molecule has 0 spiro atoms. The van der Waals surface area contributed by atoms with Crippen molar-refractivity contribution in [1.29, 1.82) is 0 Å². The topological polar surface area (TPSA) is 12.0 Å². The molecule has 3 aliphatic carbocycles. The largest absolute Gasteiger partial charge is 0.311 e. The van der Waals surface area contributed by atoms with Crippen molar-refractivity contribution in [2.45, 2.75) is 295 Å². The van der Waals surface area contributed by atoms with E-state index in [-0.39, 0.29) is 0 Å². The van der Waals surface area contributed by atoms with Crippen molar-refractivity contribution in [2.75, 3.05) is 0 Å². The highest BCUT2D eigenvalue weighted by atomic mass is 14.9. The highest BCUT2D eigenvalue weighted by molar-refractivity contribution is 4.77. The van der Waals surface area contributed by atoms with Gasteiger partial charge in [0.2, 0.25) is 0 Å². The molecule has 0 aromatic heterocycles. The molecule has 290 valence electrons. The number of nitrogens with one attached hydrogen (secondary N) is 1. The van der Waals surface area contributed by atoms with Crippen LogP contribution in [0.2, 0.25) is 0 Å². The van der Waals surface area contributed by atoms with Gasteiger partial charge in [0.05, 0.1) is 0 Å². The maximum absolute atomic E-state index is 4.39. The predicted octanol–water partition coefficient (Wildman–Crippen LogP) is 16.8. The number of hydrogen-bond acceptors (Lipinski definition) is 1. The summed E-state index contributed by atoms with van der Waals surface area (Å²) in [6, 6.07) is 1.57. The first-order valence-corrected chi connectivity index (χ1v) is 24.2. The van der Waals surface area contributed by atoms with Crippen molar-refractivity contribution in [3.8, 4) is 0 Å². The maximum atomic E-state index is 4.39. The summed E-state index contributed by atoms with van der Waals surface area (Å²) in [6.45, 7) is 0. The van der Waals surface area contributed by atoms with Crippen molar-refractivity contribution < 1.29 is 0 Å². The van der Waals surface area contributed by atoms with Gasteiger partial charge in [0.25, 0.3) is 0 Å². The normalized spacial score (nSPS) is 28.4. The smallest absolute Gasteiger partial charge is 0.00696 e. The van der Waals surface area contributed by atoms with Crippen LogP contribution in [0.1, 0.15) is 283 Å². The van der Waals surface area contributed by atoms with E-state index in [1.165, 1.54) is 257 Å². The molecule has 0 heterocycles. The fourth-order valence-corrected chi connectivity index (χ4v) is 10.3. The monoisotopic (exact) mass is 684 g/mol. The Morgan fingerprint density at radius 3 is 0.531 bits per heavy atom. The summed E-state index contributed by atoms with van der Waals surface area (Å²) >= 11 is 0. The van der Waals surface area contributed by atoms with E-state index in [2.05, 4.69) is 5.32 Å². The lowest BCUT2D eigenvalue weighted by molar-refractivity contribution is 0.234. The van der Waals surface area contributed by atoms with E-state index in [4.69, 9.17) is 0 Å². The molecule has 1 heteroatoms. The van der Waals surface area contributed by atoms with Crippen molar-refractivity contribution in [3.63, 3.8) is 0 Å². The first kappa shape index (κ1) is 43.4. The van der Waals surface area contributed by atoms with Crippen LogP contribution in [-0.4, -0.2) is 12.1 Å². The minimum Gasteiger partial charge on any atom is -0.311 e. The molecular weight excluding hydrogens is 591 g/mol. The molecule has 3 rings (SSSR count). The third-order valence-electron chi connectivity index (χ3n) is 13.6. The van der Waals surface area contributed by atoms with Crippen molar-refractivity contribution >= 4 is 0 Å². The molecule has 3 fully saturated rings. The average Bonchev–Trinajstić information content (AvgIpc) is 3.10. The molecule has 0 aliphatic heterocycles. The van der Waals surface area contributed by atoms with Gasteiger partial charge in [-0.25, -0.2) is 0 Å². The minimum absolute atomic E-state index is 0.782. The van der Waals surface area contributed by atoms with E-state index in [0.717, 1.165) is 23.9 Å². The quantitative estimate of drug-likeness (QED) is 0.312. The molecule has 0 aromatic rings. The van der Waals surface area contributed by atoms with Crippen LogP contribution in [0.5, 0.6) is 0 Å². The molecular formula is C48H93N. The van der Waals surface area contributed by atoms with E-state index in [9.17, 15) is 0 Å². The first-order valence-electron chi connectivity index (χ1n) is 24.2. The van der Waals surface area contributed by atoms with Crippen LogP contribution in [0.25, 0.3) is 0 Å². The third kappa shape index (κ3) is 24.8. The zero-order valence-corrected chi connectivity index (χ0v) is 33.9. The molecule has 3 saturated carbocycles. The Labute approximate surface area is 310 Å². The molecule has 0 bridgehead atoms. The van der Waals surface area contributed by atoms with Gasteiger partial charge in [0.15, 0.2) is 0 Å². The molecule has 0 amide bonds. The van der Waals surface area contributed by atoms with Gasteiger partial charge in [0.1, 0.15) is 0 Å². The van der Waals surface area contributed by atoms with E-state index >= 15 is 0 Å². The summed E-state index contributed by atoms with van der Waals surface area (Å²) in [6.07, 6.45) is 65.8. The lowest BCUT2D eigenvalue weighted by atomic mass is 9.77. The van der Waals surface area contributed by atoms with Crippen LogP contribution in [-0.2, 0) is 0 Å². The second-order valence-corrected chi connectivity index (χ2v) is 18.1. The zero-order valence-electron chi connectivity index (χ0n) is 33.9. The zero-order chi connectivity index (χ0) is 34.1. The van der Waals surface area contributed by atoms with Gasteiger partial charge >= 0.3 is 0 Å². The Bertz CT molecular complexity index is 640. The van der Waals surface area contributed by atoms with Gasteiger partial charge < -0.3 is 5.32 Å². The van der Waals surface area contributed by atoms with Crippen LogP contribution in [0.15, 0.2) is 0 Å². The predicted molar refractivity (Wildman–Crippen MR) is 221 cm³/mol. The van der Waals surface area contributed by atoms with Crippen LogP contribution in [0, 0.1) is 11.8 Å². The van der Waals surface area contributed by atoms with Crippen molar-refractivity contribution in [1.82, 2.24) is 5.32 Å². The fraction of sp³-hybridized carbons (Fsp3) is 1.00. The maximum Gasteiger partial charge on any atom is 0.00696 e. The average molecular weight is 684 g/mol. The standard InChI is InChI=1S/C48H93N/c1-3-7-11-17-23-29-37-45(38-30-24-18-12-8-4-1)46-39-31-25-19-15-16-22-28-34-43-48(44-36-35-40-46)49-47-41-32-26-20-13-9-5-2-6-10-14-21-27-33-42-47/h45-49H,1-44H2. The summed E-state index contributed by atoms with van der Waals surface area (Å²) in [5.41, 5.74) is 0. The number of hydrogen-bond donors (Lipinski definition) is 1. The van der Waals surface area contributed by atoms with Gasteiger partial charge in [0, 0.05) is 12.1 Å². The van der Waals surface area contributed by atoms with Crippen LogP contribution in [0.3, 0.4) is 0 Å². The Morgan fingerprint density at radius 1 is 0.163 bits per heavy atom. The summed E-state index contributed by atoms with van der Waals surface area (Å²) in [7, 11) is 0. The Kier molecular flexibility index (Phi) is 28.8. The summed E-state index contributed by atoms with van der Waals surface area (Å²) in [4.78, 5) is 0. The van der Waals surface area contributed by atoms with E-state index in [1.54, 1.807) is 25.7 Å². The van der Waals surface area contributed by atoms with Gasteiger partial charge in [-0.3, -0.25) is 0 Å². The van der Waals surface area contributed by atoms with Gasteiger partial charge in [-0.15, -0.1) is 0 Å². The second-order valence-electron chi connectivity index (χ2n) is 18.1. The molecule has 3 aliphatic rings. The molecule has 0 saturated heterocycles. The Hall–Kier alpha value is -0.0400. The summed E-state index contributed by atoms with van der Waals surface area (Å²) in [5.74, 6) is 2.05. The molecule has 2 unspecified atom stereocenters. The highest BCUT2D eigenvalue weighted by Gasteiger charge is 2.22. The van der Waals surface area contributed by atoms with Crippen molar-refractivity contribution in [2.24, 2.45) is 11.8 Å². The Balaban J connectivity index is 1.54. The highest BCUT2D eigenvalue weighted by Crippen LogP contribution is 2.34. The molecule has 1 N–H and O–H groups in total. The van der Waals surface area contributed by atoms with E-state index in [0.29, 0.717) is 0 Å².